The van der Waals surface area contributed by atoms with Crippen molar-refractivity contribution in [2.24, 2.45) is 0 Å². The Morgan fingerprint density at radius 2 is 2.10 bits per heavy atom. The van der Waals surface area contributed by atoms with Gasteiger partial charge in [0.05, 0.1) is 6.61 Å². The highest BCUT2D eigenvalue weighted by molar-refractivity contribution is 7.09. The number of hydrogen-bond donors (Lipinski definition) is 2. The van der Waals surface area contributed by atoms with Crippen molar-refractivity contribution in [3.8, 4) is 5.75 Å². The summed E-state index contributed by atoms with van der Waals surface area (Å²) in [7, 11) is 0. The Labute approximate surface area is 121 Å². The summed E-state index contributed by atoms with van der Waals surface area (Å²) in [5, 5.41) is 5.76. The van der Waals surface area contributed by atoms with Crippen LogP contribution < -0.4 is 15.4 Å². The summed E-state index contributed by atoms with van der Waals surface area (Å²) >= 11 is 1.12. The molecule has 2 rings (SSSR count). The smallest absolute Gasteiger partial charge is 0.325 e. The van der Waals surface area contributed by atoms with Crippen molar-refractivity contribution in [2.45, 2.75) is 19.8 Å². The van der Waals surface area contributed by atoms with Crippen molar-refractivity contribution in [2.75, 3.05) is 17.2 Å². The Balaban J connectivity index is 1.82. The molecule has 0 atom stereocenters. The lowest BCUT2D eigenvalue weighted by molar-refractivity contribution is 0.262. The van der Waals surface area contributed by atoms with Crippen molar-refractivity contribution in [3.63, 3.8) is 0 Å². The highest BCUT2D eigenvalue weighted by Crippen LogP contribution is 2.16. The first-order valence-corrected chi connectivity index (χ1v) is 7.13. The van der Waals surface area contributed by atoms with Gasteiger partial charge in [0.1, 0.15) is 12.1 Å². The predicted molar refractivity (Wildman–Crippen MR) is 79.4 cm³/mol. The van der Waals surface area contributed by atoms with E-state index in [9.17, 15) is 4.79 Å². The Morgan fingerprint density at radius 1 is 1.30 bits per heavy atom. The normalized spacial score (nSPS) is 10.1. The van der Waals surface area contributed by atoms with Crippen LogP contribution in [-0.2, 0) is 0 Å². The van der Waals surface area contributed by atoms with Crippen molar-refractivity contribution in [1.29, 1.82) is 0 Å². The van der Waals surface area contributed by atoms with E-state index in [1.54, 1.807) is 12.1 Å². The Morgan fingerprint density at radius 3 is 2.75 bits per heavy atom. The van der Waals surface area contributed by atoms with Crippen LogP contribution in [0.3, 0.4) is 0 Å². The first-order chi connectivity index (χ1) is 9.78. The molecule has 1 aromatic carbocycles. The van der Waals surface area contributed by atoms with Crippen LogP contribution >= 0.6 is 11.5 Å². The van der Waals surface area contributed by atoms with Gasteiger partial charge >= 0.3 is 6.03 Å². The Hall–Kier alpha value is -2.15. The van der Waals surface area contributed by atoms with Crippen LogP contribution in [0.5, 0.6) is 5.75 Å². The molecule has 0 aliphatic rings. The van der Waals surface area contributed by atoms with Crippen LogP contribution in [0.15, 0.2) is 30.6 Å². The monoisotopic (exact) mass is 292 g/mol. The van der Waals surface area contributed by atoms with Crippen LogP contribution in [0, 0.1) is 0 Å². The summed E-state index contributed by atoms with van der Waals surface area (Å²) in [5.74, 6) is 0.800. The molecular formula is C13H16N4O2S. The molecule has 0 spiro atoms. The second-order valence-electron chi connectivity index (χ2n) is 4.05. The number of anilines is 2. The highest BCUT2D eigenvalue weighted by Gasteiger charge is 2.04. The van der Waals surface area contributed by atoms with Crippen molar-refractivity contribution in [3.05, 3.63) is 30.6 Å². The minimum Gasteiger partial charge on any atom is -0.494 e. The fraction of sp³-hybridized carbons (Fsp3) is 0.308. The van der Waals surface area contributed by atoms with E-state index >= 15 is 0 Å². The fourth-order valence-corrected chi connectivity index (χ4v) is 1.88. The molecule has 20 heavy (non-hydrogen) atoms. The second kappa shape index (κ2) is 7.44. The number of unbranched alkanes of at least 4 members (excludes halogenated alkanes) is 1. The van der Waals surface area contributed by atoms with Gasteiger partial charge in [-0.05, 0) is 30.7 Å². The van der Waals surface area contributed by atoms with Gasteiger partial charge in [0.25, 0.3) is 0 Å². The van der Waals surface area contributed by atoms with Crippen molar-refractivity contribution >= 4 is 28.4 Å². The zero-order valence-corrected chi connectivity index (χ0v) is 11.9. The number of rotatable bonds is 6. The van der Waals surface area contributed by atoms with E-state index in [1.165, 1.54) is 6.33 Å². The molecule has 1 heterocycles. The number of nitrogens with zero attached hydrogens (tertiary/aromatic N) is 2. The second-order valence-corrected chi connectivity index (χ2v) is 4.83. The van der Waals surface area contributed by atoms with E-state index in [2.05, 4.69) is 26.9 Å². The summed E-state index contributed by atoms with van der Waals surface area (Å²) in [6.45, 7) is 2.83. The van der Waals surface area contributed by atoms with Gasteiger partial charge in [-0.15, -0.1) is 0 Å². The zero-order chi connectivity index (χ0) is 14.2. The van der Waals surface area contributed by atoms with E-state index < -0.39 is 0 Å². The lowest BCUT2D eigenvalue weighted by Crippen LogP contribution is -2.19. The van der Waals surface area contributed by atoms with Crippen LogP contribution in [0.2, 0.25) is 0 Å². The van der Waals surface area contributed by atoms with Crippen LogP contribution in [0.4, 0.5) is 15.6 Å². The molecular weight excluding hydrogens is 276 g/mol. The minimum absolute atomic E-state index is 0.346. The molecule has 0 aliphatic heterocycles. The van der Waals surface area contributed by atoms with Gasteiger partial charge in [0, 0.05) is 17.2 Å². The molecule has 0 saturated carbocycles. The number of hydrogen-bond acceptors (Lipinski definition) is 5. The summed E-state index contributed by atoms with van der Waals surface area (Å²) in [4.78, 5) is 15.5. The Kier molecular flexibility index (Phi) is 5.31. The molecule has 106 valence electrons. The van der Waals surface area contributed by atoms with Gasteiger partial charge in [-0.1, -0.05) is 13.3 Å². The molecule has 0 unspecified atom stereocenters. The first kappa shape index (κ1) is 14.3. The van der Waals surface area contributed by atoms with Gasteiger partial charge in [-0.25, -0.2) is 9.78 Å². The highest BCUT2D eigenvalue weighted by atomic mass is 32.1. The van der Waals surface area contributed by atoms with Gasteiger partial charge in [-0.3, -0.25) is 5.32 Å². The molecule has 0 fully saturated rings. The third-order valence-electron chi connectivity index (χ3n) is 2.46. The van der Waals surface area contributed by atoms with E-state index in [4.69, 9.17) is 4.74 Å². The maximum absolute atomic E-state index is 11.7. The molecule has 2 N–H and O–H groups in total. The SMILES string of the molecule is CCCCOc1ccc(NC(=O)Nc2ncns2)cc1. The maximum Gasteiger partial charge on any atom is 0.325 e. The minimum atomic E-state index is -0.346. The van der Waals surface area contributed by atoms with E-state index in [-0.39, 0.29) is 6.03 Å². The number of aromatic nitrogens is 2. The molecule has 6 nitrogen and oxygen atoms in total. The number of ether oxygens (including phenoxy) is 1. The lowest BCUT2D eigenvalue weighted by atomic mass is 10.3. The largest absolute Gasteiger partial charge is 0.494 e. The summed E-state index contributed by atoms with van der Waals surface area (Å²) in [6, 6.07) is 6.90. The molecule has 2 amide bonds. The van der Waals surface area contributed by atoms with Crippen molar-refractivity contribution in [1.82, 2.24) is 9.36 Å². The molecule has 1 aromatic heterocycles. The summed E-state index contributed by atoms with van der Waals surface area (Å²) in [6.07, 6.45) is 3.53. The number of amides is 2. The molecule has 0 saturated heterocycles. The molecule has 7 heteroatoms. The number of urea groups is 1. The average Bonchev–Trinajstić information content (AvgIpc) is 2.94. The van der Waals surface area contributed by atoms with Gasteiger partial charge < -0.3 is 10.1 Å². The quantitative estimate of drug-likeness (QED) is 0.800. The van der Waals surface area contributed by atoms with Gasteiger partial charge in [0.2, 0.25) is 5.13 Å². The maximum atomic E-state index is 11.7. The summed E-state index contributed by atoms with van der Waals surface area (Å²) in [5.41, 5.74) is 0.690. The summed E-state index contributed by atoms with van der Waals surface area (Å²) < 4.78 is 9.35. The van der Waals surface area contributed by atoms with E-state index in [0.717, 1.165) is 30.1 Å². The standard InChI is InChI=1S/C13H16N4O2S/c1-2-3-8-19-11-6-4-10(5-7-11)16-12(18)17-13-14-9-15-20-13/h4-7,9H,2-3,8H2,1H3,(H2,14,15,16,17,18). The predicted octanol–water partition coefficient (Wildman–Crippen LogP) is 3.36. The van der Waals surface area contributed by atoms with Gasteiger partial charge in [-0.2, -0.15) is 4.37 Å². The zero-order valence-electron chi connectivity index (χ0n) is 11.1. The third kappa shape index (κ3) is 4.51. The van der Waals surface area contributed by atoms with Crippen LogP contribution in [0.25, 0.3) is 0 Å². The molecule has 0 radical (unpaired) electrons. The van der Waals surface area contributed by atoms with Crippen molar-refractivity contribution < 1.29 is 9.53 Å². The fourth-order valence-electron chi connectivity index (χ4n) is 1.46. The molecule has 0 bridgehead atoms. The molecule has 2 aromatic rings. The Bertz CT molecular complexity index is 528. The van der Waals surface area contributed by atoms with Crippen LogP contribution in [-0.4, -0.2) is 22.0 Å². The van der Waals surface area contributed by atoms with E-state index in [1.807, 2.05) is 12.1 Å². The number of benzene rings is 1. The average molecular weight is 292 g/mol. The first-order valence-electron chi connectivity index (χ1n) is 6.35. The topological polar surface area (TPSA) is 76.1 Å². The molecule has 0 aliphatic carbocycles. The third-order valence-corrected chi connectivity index (χ3v) is 3.04. The number of nitrogens with one attached hydrogen (secondary N) is 2. The number of carbonyl (C=O) groups is 1. The van der Waals surface area contributed by atoms with Gasteiger partial charge in [0.15, 0.2) is 0 Å². The van der Waals surface area contributed by atoms with Crippen LogP contribution in [0.1, 0.15) is 19.8 Å². The number of carbonyl (C=O) groups excluding carboxylic acids is 1. The lowest BCUT2D eigenvalue weighted by Gasteiger charge is -2.08. The van der Waals surface area contributed by atoms with E-state index in [0.29, 0.717) is 17.4 Å².